The first kappa shape index (κ1) is 19.0. The highest BCUT2D eigenvalue weighted by Gasteiger charge is 2.16. The van der Waals surface area contributed by atoms with E-state index in [0.29, 0.717) is 6.54 Å². The van der Waals surface area contributed by atoms with Gasteiger partial charge in [-0.05, 0) is 36.2 Å². The number of benzene rings is 2. The fraction of sp³-hybridized carbons (Fsp3) is 0.182. The predicted octanol–water partition coefficient (Wildman–Crippen LogP) is 4.69. The number of nitrogens with one attached hydrogen (secondary N) is 1. The lowest BCUT2D eigenvalue weighted by molar-refractivity contribution is -0.120. The van der Waals surface area contributed by atoms with Crippen LogP contribution in [0, 0.1) is 0 Å². The van der Waals surface area contributed by atoms with Gasteiger partial charge < -0.3 is 10.1 Å². The number of nitrogens with zero attached hydrogens (tertiary/aromatic N) is 1. The Morgan fingerprint density at radius 3 is 2.74 bits per heavy atom. The molecule has 0 radical (unpaired) electrons. The molecule has 0 spiro atoms. The summed E-state index contributed by atoms with van der Waals surface area (Å²) in [6.45, 7) is 5.96. The van der Waals surface area contributed by atoms with Crippen LogP contribution in [0.3, 0.4) is 0 Å². The van der Waals surface area contributed by atoms with Crippen LogP contribution in [0.1, 0.15) is 6.92 Å². The SMILES string of the molecule is C=CCNC(=O)C(C)Sc1cc(-c2ccccc2)c2ccc(OC)cc2n1. The van der Waals surface area contributed by atoms with E-state index in [4.69, 9.17) is 9.72 Å². The summed E-state index contributed by atoms with van der Waals surface area (Å²) in [4.78, 5) is 17.0. The fourth-order valence-electron chi connectivity index (χ4n) is 2.78. The highest BCUT2D eigenvalue weighted by Crippen LogP contribution is 2.34. The van der Waals surface area contributed by atoms with E-state index in [1.807, 2.05) is 49.4 Å². The van der Waals surface area contributed by atoms with Crippen molar-refractivity contribution in [2.75, 3.05) is 13.7 Å². The zero-order valence-electron chi connectivity index (χ0n) is 15.4. The van der Waals surface area contributed by atoms with Crippen LogP contribution in [0.15, 0.2) is 72.3 Å². The molecule has 0 bridgehead atoms. The van der Waals surface area contributed by atoms with E-state index in [9.17, 15) is 4.79 Å². The minimum Gasteiger partial charge on any atom is -0.497 e. The van der Waals surface area contributed by atoms with Crippen LogP contribution in [0.4, 0.5) is 0 Å². The van der Waals surface area contributed by atoms with Gasteiger partial charge in [0.2, 0.25) is 5.91 Å². The third kappa shape index (κ3) is 4.49. The number of hydrogen-bond acceptors (Lipinski definition) is 4. The molecular formula is C22H22N2O2S. The first-order chi connectivity index (χ1) is 13.1. The van der Waals surface area contributed by atoms with Gasteiger partial charge in [0.15, 0.2) is 0 Å². The van der Waals surface area contributed by atoms with Crippen LogP contribution in [0.5, 0.6) is 5.75 Å². The number of hydrogen-bond donors (Lipinski definition) is 1. The molecule has 4 nitrogen and oxygen atoms in total. The zero-order valence-corrected chi connectivity index (χ0v) is 16.3. The third-order valence-electron chi connectivity index (χ3n) is 4.17. The standard InChI is InChI=1S/C22H22N2O2S/c1-4-12-23-22(25)15(2)27-21-14-19(16-8-6-5-7-9-16)18-11-10-17(26-3)13-20(18)24-21/h4-11,13-15H,1,12H2,2-3H3,(H,23,25). The molecule has 2 aromatic carbocycles. The lowest BCUT2D eigenvalue weighted by Gasteiger charge is -2.14. The van der Waals surface area contributed by atoms with Gasteiger partial charge in [-0.3, -0.25) is 4.79 Å². The summed E-state index contributed by atoms with van der Waals surface area (Å²) >= 11 is 1.44. The Bertz CT molecular complexity index is 957. The molecule has 1 amide bonds. The maximum atomic E-state index is 12.2. The van der Waals surface area contributed by atoms with Crippen molar-refractivity contribution in [3.63, 3.8) is 0 Å². The van der Waals surface area contributed by atoms with Crippen molar-refractivity contribution < 1.29 is 9.53 Å². The van der Waals surface area contributed by atoms with Gasteiger partial charge in [0, 0.05) is 18.0 Å². The van der Waals surface area contributed by atoms with Crippen LogP contribution in [0.2, 0.25) is 0 Å². The second kappa shape index (κ2) is 8.73. The Morgan fingerprint density at radius 1 is 1.26 bits per heavy atom. The van der Waals surface area contributed by atoms with Crippen LogP contribution >= 0.6 is 11.8 Å². The molecule has 0 aliphatic heterocycles. The number of rotatable bonds is 7. The van der Waals surface area contributed by atoms with E-state index in [2.05, 4.69) is 24.0 Å². The number of fused-ring (bicyclic) bond motifs is 1. The number of aromatic nitrogens is 1. The molecule has 0 aliphatic rings. The minimum atomic E-state index is -0.260. The van der Waals surface area contributed by atoms with E-state index < -0.39 is 0 Å². The van der Waals surface area contributed by atoms with Crippen molar-refractivity contribution >= 4 is 28.6 Å². The van der Waals surface area contributed by atoms with Gasteiger partial charge in [0.1, 0.15) is 5.75 Å². The molecule has 27 heavy (non-hydrogen) atoms. The number of methoxy groups -OCH3 is 1. The highest BCUT2D eigenvalue weighted by atomic mass is 32.2. The molecule has 1 unspecified atom stereocenters. The van der Waals surface area contributed by atoms with Gasteiger partial charge in [-0.25, -0.2) is 4.98 Å². The highest BCUT2D eigenvalue weighted by molar-refractivity contribution is 8.00. The summed E-state index contributed by atoms with van der Waals surface area (Å²) in [5, 5.41) is 4.42. The zero-order chi connectivity index (χ0) is 19.2. The molecule has 138 valence electrons. The van der Waals surface area contributed by atoms with Gasteiger partial charge in [-0.15, -0.1) is 6.58 Å². The monoisotopic (exact) mass is 378 g/mol. The summed E-state index contributed by atoms with van der Waals surface area (Å²) in [5.41, 5.74) is 3.04. The number of amides is 1. The molecule has 0 saturated heterocycles. The van der Waals surface area contributed by atoms with Gasteiger partial charge >= 0.3 is 0 Å². The molecular weight excluding hydrogens is 356 g/mol. The first-order valence-electron chi connectivity index (χ1n) is 8.72. The lowest BCUT2D eigenvalue weighted by Crippen LogP contribution is -2.30. The maximum absolute atomic E-state index is 12.2. The van der Waals surface area contributed by atoms with Crippen LogP contribution in [0.25, 0.3) is 22.0 Å². The summed E-state index contributed by atoms with van der Waals surface area (Å²) in [6.07, 6.45) is 1.67. The average molecular weight is 378 g/mol. The topological polar surface area (TPSA) is 51.2 Å². The van der Waals surface area contributed by atoms with Crippen LogP contribution in [-0.4, -0.2) is 29.8 Å². The minimum absolute atomic E-state index is 0.0336. The molecule has 1 heterocycles. The molecule has 1 N–H and O–H groups in total. The van der Waals surface area contributed by atoms with Crippen molar-refractivity contribution in [2.24, 2.45) is 0 Å². The molecule has 0 aliphatic carbocycles. The summed E-state index contributed by atoms with van der Waals surface area (Å²) in [7, 11) is 1.64. The van der Waals surface area contributed by atoms with Gasteiger partial charge in [0.05, 0.1) is 22.9 Å². The summed E-state index contributed by atoms with van der Waals surface area (Å²) in [5.74, 6) is 0.724. The van der Waals surface area contributed by atoms with Crippen LogP contribution < -0.4 is 10.1 Å². The molecule has 1 atom stereocenters. The van der Waals surface area contributed by atoms with Crippen molar-refractivity contribution in [3.8, 4) is 16.9 Å². The Kier molecular flexibility index (Phi) is 6.14. The first-order valence-corrected chi connectivity index (χ1v) is 9.60. The predicted molar refractivity (Wildman–Crippen MR) is 112 cm³/mol. The normalized spacial score (nSPS) is 11.8. The molecule has 3 rings (SSSR count). The van der Waals surface area contributed by atoms with Crippen molar-refractivity contribution in [2.45, 2.75) is 17.2 Å². The number of ether oxygens (including phenoxy) is 1. The molecule has 1 aromatic heterocycles. The number of thioether (sulfide) groups is 1. The van der Waals surface area contributed by atoms with E-state index in [0.717, 1.165) is 32.8 Å². The fourth-order valence-corrected chi connectivity index (χ4v) is 3.67. The molecule has 5 heteroatoms. The Balaban J connectivity index is 2.02. The van der Waals surface area contributed by atoms with Crippen LogP contribution in [-0.2, 0) is 4.79 Å². The number of carbonyl (C=O) groups excluding carboxylic acids is 1. The second-order valence-electron chi connectivity index (χ2n) is 6.05. The molecule has 0 fully saturated rings. The smallest absolute Gasteiger partial charge is 0.233 e. The number of carbonyl (C=O) groups is 1. The van der Waals surface area contributed by atoms with E-state index in [1.54, 1.807) is 13.2 Å². The van der Waals surface area contributed by atoms with Crippen molar-refractivity contribution in [3.05, 3.63) is 67.3 Å². The Morgan fingerprint density at radius 2 is 2.04 bits per heavy atom. The summed E-state index contributed by atoms with van der Waals surface area (Å²) < 4.78 is 5.35. The largest absolute Gasteiger partial charge is 0.497 e. The average Bonchev–Trinajstić information content (AvgIpc) is 2.71. The Labute approximate surface area is 163 Å². The van der Waals surface area contributed by atoms with E-state index >= 15 is 0 Å². The maximum Gasteiger partial charge on any atom is 0.233 e. The van der Waals surface area contributed by atoms with Crippen molar-refractivity contribution in [1.29, 1.82) is 0 Å². The molecule has 0 saturated carbocycles. The van der Waals surface area contributed by atoms with E-state index in [1.165, 1.54) is 11.8 Å². The van der Waals surface area contributed by atoms with Crippen molar-refractivity contribution in [1.82, 2.24) is 10.3 Å². The van der Waals surface area contributed by atoms with E-state index in [-0.39, 0.29) is 11.2 Å². The summed E-state index contributed by atoms with van der Waals surface area (Å²) in [6, 6.07) is 18.1. The van der Waals surface area contributed by atoms with Gasteiger partial charge in [-0.1, -0.05) is 48.2 Å². The van der Waals surface area contributed by atoms with Gasteiger partial charge in [0.25, 0.3) is 0 Å². The third-order valence-corrected chi connectivity index (χ3v) is 5.18. The Hall–Kier alpha value is -2.79. The number of pyridine rings is 1. The lowest BCUT2D eigenvalue weighted by atomic mass is 10.0. The molecule has 3 aromatic rings. The van der Waals surface area contributed by atoms with Gasteiger partial charge in [-0.2, -0.15) is 0 Å². The second-order valence-corrected chi connectivity index (χ2v) is 7.41. The quantitative estimate of drug-likeness (QED) is 0.478.